The van der Waals surface area contributed by atoms with E-state index in [0.29, 0.717) is 18.1 Å². The van der Waals surface area contributed by atoms with Crippen molar-refractivity contribution < 1.29 is 4.74 Å². The average Bonchev–Trinajstić information content (AvgIpc) is 2.65. The zero-order valence-electron chi connectivity index (χ0n) is 18.3. The summed E-state index contributed by atoms with van der Waals surface area (Å²) in [5.74, 6) is 3.61. The van der Waals surface area contributed by atoms with Gasteiger partial charge in [0.25, 0.3) is 0 Å². The monoisotopic (exact) mass is 363 g/mol. The predicted octanol–water partition coefficient (Wildman–Crippen LogP) is 7.06. The lowest BCUT2D eigenvalue weighted by Gasteiger charge is -2.32. The summed E-state index contributed by atoms with van der Waals surface area (Å²) in [5, 5.41) is 0. The number of nitrogens with zero attached hydrogens (tertiary/aromatic N) is 1. The van der Waals surface area contributed by atoms with Crippen LogP contribution >= 0.6 is 0 Å². The van der Waals surface area contributed by atoms with E-state index in [4.69, 9.17) is 9.73 Å². The van der Waals surface area contributed by atoms with Crippen LogP contribution in [0.3, 0.4) is 0 Å². The Bertz CT molecular complexity index is 400. The minimum atomic E-state index is 0.366. The molecule has 2 aliphatic carbocycles. The maximum absolute atomic E-state index is 5.98. The maximum atomic E-state index is 5.98. The maximum Gasteiger partial charge on any atom is 0.0579 e. The predicted molar refractivity (Wildman–Crippen MR) is 114 cm³/mol. The van der Waals surface area contributed by atoms with Gasteiger partial charge < -0.3 is 4.74 Å². The highest BCUT2D eigenvalue weighted by Gasteiger charge is 2.25. The van der Waals surface area contributed by atoms with Crippen molar-refractivity contribution in [3.05, 3.63) is 0 Å². The lowest BCUT2D eigenvalue weighted by molar-refractivity contribution is -0.0154. The topological polar surface area (TPSA) is 21.6 Å². The minimum Gasteiger partial charge on any atom is -0.376 e. The highest BCUT2D eigenvalue weighted by Crippen LogP contribution is 2.36. The molecule has 0 radical (unpaired) electrons. The van der Waals surface area contributed by atoms with E-state index < -0.39 is 0 Å². The Kier molecular flexibility index (Phi) is 9.67. The third-order valence-corrected chi connectivity index (χ3v) is 7.18. The average molecular weight is 364 g/mol. The van der Waals surface area contributed by atoms with Crippen molar-refractivity contribution in [2.45, 2.75) is 117 Å². The van der Waals surface area contributed by atoms with E-state index in [1.165, 1.54) is 76.3 Å². The Morgan fingerprint density at radius 3 is 2.19 bits per heavy atom. The fourth-order valence-corrected chi connectivity index (χ4v) is 5.20. The molecule has 2 aliphatic rings. The van der Waals surface area contributed by atoms with Crippen LogP contribution in [0.2, 0.25) is 0 Å². The van der Waals surface area contributed by atoms with Gasteiger partial charge in [-0.2, -0.15) is 0 Å². The molecule has 0 amide bonds. The van der Waals surface area contributed by atoms with E-state index in [2.05, 4.69) is 34.6 Å². The lowest BCUT2D eigenvalue weighted by atomic mass is 9.74. The first-order chi connectivity index (χ1) is 12.5. The third kappa shape index (κ3) is 7.33. The Hall–Kier alpha value is -0.370. The summed E-state index contributed by atoms with van der Waals surface area (Å²) in [5.41, 5.74) is 1.41. The van der Waals surface area contributed by atoms with Crippen LogP contribution < -0.4 is 0 Å². The first-order valence-electron chi connectivity index (χ1n) is 11.7. The number of hydrogen-bond acceptors (Lipinski definition) is 2. The molecule has 2 fully saturated rings. The van der Waals surface area contributed by atoms with E-state index in [1.54, 1.807) is 0 Å². The number of aliphatic imine (C=N–C) groups is 1. The van der Waals surface area contributed by atoms with Crippen LogP contribution in [0.4, 0.5) is 0 Å². The molecule has 0 aromatic heterocycles. The molecule has 0 bridgehead atoms. The molecule has 0 heterocycles. The molecule has 0 N–H and O–H groups in total. The molecule has 0 aliphatic heterocycles. The molecule has 0 aromatic carbocycles. The van der Waals surface area contributed by atoms with Gasteiger partial charge in [-0.25, -0.2) is 0 Å². The van der Waals surface area contributed by atoms with E-state index in [-0.39, 0.29) is 0 Å². The van der Waals surface area contributed by atoms with Gasteiger partial charge >= 0.3 is 0 Å². The third-order valence-electron chi connectivity index (χ3n) is 7.18. The second-order valence-electron chi connectivity index (χ2n) is 9.49. The molecule has 0 saturated heterocycles. The molecule has 152 valence electrons. The summed E-state index contributed by atoms with van der Waals surface area (Å²) < 4.78 is 5.98. The van der Waals surface area contributed by atoms with Crippen molar-refractivity contribution in [1.82, 2.24) is 0 Å². The number of ether oxygens (including phenoxy) is 1. The van der Waals surface area contributed by atoms with Gasteiger partial charge in [-0.3, -0.25) is 4.99 Å². The molecular weight excluding hydrogens is 318 g/mol. The van der Waals surface area contributed by atoms with Crippen LogP contribution in [0.5, 0.6) is 0 Å². The summed E-state index contributed by atoms with van der Waals surface area (Å²) >= 11 is 0. The SMILES string of the molecule is CCC1CCC(C(C)CCCN=C(C)C2CCC(OC(C)C)CC2)CC1. The van der Waals surface area contributed by atoms with Crippen molar-refractivity contribution >= 4 is 5.71 Å². The molecule has 26 heavy (non-hydrogen) atoms. The first kappa shape index (κ1) is 21.9. The highest BCUT2D eigenvalue weighted by molar-refractivity contribution is 5.84. The van der Waals surface area contributed by atoms with Gasteiger partial charge in [0.15, 0.2) is 0 Å². The van der Waals surface area contributed by atoms with Crippen LogP contribution in [0, 0.1) is 23.7 Å². The molecule has 1 atom stereocenters. The number of hydrogen-bond donors (Lipinski definition) is 0. The summed E-state index contributed by atoms with van der Waals surface area (Å²) in [4.78, 5) is 4.95. The van der Waals surface area contributed by atoms with E-state index in [9.17, 15) is 0 Å². The van der Waals surface area contributed by atoms with Gasteiger partial charge in [0.2, 0.25) is 0 Å². The lowest BCUT2D eigenvalue weighted by Crippen LogP contribution is -2.27. The smallest absolute Gasteiger partial charge is 0.0579 e. The van der Waals surface area contributed by atoms with Crippen LogP contribution in [0.1, 0.15) is 105 Å². The van der Waals surface area contributed by atoms with Crippen molar-refractivity contribution in [3.63, 3.8) is 0 Å². The van der Waals surface area contributed by atoms with E-state index in [1.807, 2.05) is 0 Å². The van der Waals surface area contributed by atoms with E-state index in [0.717, 1.165) is 24.3 Å². The van der Waals surface area contributed by atoms with Crippen LogP contribution in [-0.2, 0) is 4.74 Å². The molecule has 0 spiro atoms. The van der Waals surface area contributed by atoms with Crippen molar-refractivity contribution in [1.29, 1.82) is 0 Å². The fourth-order valence-electron chi connectivity index (χ4n) is 5.20. The van der Waals surface area contributed by atoms with Crippen LogP contribution in [0.25, 0.3) is 0 Å². The van der Waals surface area contributed by atoms with E-state index >= 15 is 0 Å². The standard InChI is InChI=1S/C24H45NO/c1-6-21-9-11-22(12-10-21)19(4)8-7-17-25-20(5)23-13-15-24(16-14-23)26-18(2)3/h18-19,21-24H,6-17H2,1-5H3. The summed E-state index contributed by atoms with van der Waals surface area (Å²) in [6, 6.07) is 0. The highest BCUT2D eigenvalue weighted by atomic mass is 16.5. The van der Waals surface area contributed by atoms with Crippen molar-refractivity contribution in [3.8, 4) is 0 Å². The quantitative estimate of drug-likeness (QED) is 0.317. The molecular formula is C24H45NO. The minimum absolute atomic E-state index is 0.366. The fraction of sp³-hybridized carbons (Fsp3) is 0.958. The zero-order valence-corrected chi connectivity index (χ0v) is 18.3. The first-order valence-corrected chi connectivity index (χ1v) is 11.7. The Balaban J connectivity index is 1.61. The zero-order chi connectivity index (χ0) is 18.9. The summed E-state index contributed by atoms with van der Waals surface area (Å²) in [6.45, 7) is 12.5. The number of rotatable bonds is 9. The molecule has 2 rings (SSSR count). The van der Waals surface area contributed by atoms with Gasteiger partial charge in [-0.05, 0) is 95.8 Å². The Labute approximate surface area is 163 Å². The van der Waals surface area contributed by atoms with Gasteiger partial charge in [0.1, 0.15) is 0 Å². The van der Waals surface area contributed by atoms with Gasteiger partial charge in [0.05, 0.1) is 12.2 Å². The van der Waals surface area contributed by atoms with Crippen LogP contribution in [0.15, 0.2) is 4.99 Å². The Morgan fingerprint density at radius 1 is 0.962 bits per heavy atom. The molecule has 2 saturated carbocycles. The van der Waals surface area contributed by atoms with Crippen molar-refractivity contribution in [2.75, 3.05) is 6.54 Å². The Morgan fingerprint density at radius 2 is 1.62 bits per heavy atom. The summed E-state index contributed by atoms with van der Waals surface area (Å²) in [7, 11) is 0. The van der Waals surface area contributed by atoms with Gasteiger partial charge in [-0.1, -0.05) is 33.1 Å². The van der Waals surface area contributed by atoms with Crippen LogP contribution in [-0.4, -0.2) is 24.5 Å². The molecule has 2 heteroatoms. The molecule has 0 aromatic rings. The second kappa shape index (κ2) is 11.5. The van der Waals surface area contributed by atoms with Gasteiger partial charge in [-0.15, -0.1) is 0 Å². The van der Waals surface area contributed by atoms with Crippen molar-refractivity contribution in [2.24, 2.45) is 28.7 Å². The molecule has 1 unspecified atom stereocenters. The molecule has 2 nitrogen and oxygen atoms in total. The second-order valence-corrected chi connectivity index (χ2v) is 9.49. The summed E-state index contributed by atoms with van der Waals surface area (Å²) in [6.07, 6.45) is 15.8. The largest absolute Gasteiger partial charge is 0.376 e. The van der Waals surface area contributed by atoms with Gasteiger partial charge in [0, 0.05) is 12.3 Å². The normalized spacial score (nSPS) is 32.0.